The Labute approximate surface area is 123 Å². The van der Waals surface area contributed by atoms with Gasteiger partial charge in [-0.15, -0.1) is 0 Å². The van der Waals surface area contributed by atoms with Crippen molar-refractivity contribution in [1.82, 2.24) is 4.90 Å². The Balaban J connectivity index is 1.92. The predicted molar refractivity (Wildman–Crippen MR) is 79.3 cm³/mol. The van der Waals surface area contributed by atoms with Gasteiger partial charge in [0.1, 0.15) is 5.75 Å². The highest BCUT2D eigenvalue weighted by Crippen LogP contribution is 2.26. The summed E-state index contributed by atoms with van der Waals surface area (Å²) in [4.78, 5) is 14.0. The fourth-order valence-electron chi connectivity index (χ4n) is 2.24. The molecular formula is C14H21N3O4. The molecule has 0 spiro atoms. The van der Waals surface area contributed by atoms with E-state index >= 15 is 0 Å². The maximum atomic E-state index is 12.1. The van der Waals surface area contributed by atoms with Gasteiger partial charge in [-0.2, -0.15) is 0 Å². The molecule has 7 nitrogen and oxygen atoms in total. The maximum absolute atomic E-state index is 12.1. The lowest BCUT2D eigenvalue weighted by atomic mass is 10.2. The van der Waals surface area contributed by atoms with Crippen LogP contribution in [-0.2, 0) is 9.53 Å². The lowest BCUT2D eigenvalue weighted by Crippen LogP contribution is -2.46. The minimum absolute atomic E-state index is 0.0378. The molecule has 21 heavy (non-hydrogen) atoms. The van der Waals surface area contributed by atoms with Crippen LogP contribution in [0.2, 0.25) is 0 Å². The highest BCUT2D eigenvalue weighted by Gasteiger charge is 2.21. The molecule has 0 bridgehead atoms. The summed E-state index contributed by atoms with van der Waals surface area (Å²) in [5.41, 5.74) is 6.84. The van der Waals surface area contributed by atoms with Gasteiger partial charge in [0.2, 0.25) is 5.91 Å². The predicted octanol–water partition coefficient (Wildman–Crippen LogP) is -0.0910. The molecule has 0 radical (unpaired) electrons. The van der Waals surface area contributed by atoms with Gasteiger partial charge in [0.15, 0.2) is 0 Å². The first-order valence-corrected chi connectivity index (χ1v) is 6.80. The first-order valence-electron chi connectivity index (χ1n) is 6.80. The molecule has 1 aromatic carbocycles. The summed E-state index contributed by atoms with van der Waals surface area (Å²) < 4.78 is 10.5. The quantitative estimate of drug-likeness (QED) is 0.657. The number of aliphatic hydroxyl groups is 1. The van der Waals surface area contributed by atoms with Crippen molar-refractivity contribution in [3.05, 3.63) is 18.2 Å². The summed E-state index contributed by atoms with van der Waals surface area (Å²) in [7, 11) is 1.53. The average molecular weight is 295 g/mol. The van der Waals surface area contributed by atoms with E-state index in [0.29, 0.717) is 36.8 Å². The van der Waals surface area contributed by atoms with E-state index in [1.807, 2.05) is 4.90 Å². The van der Waals surface area contributed by atoms with Crippen LogP contribution in [0.3, 0.4) is 0 Å². The smallest absolute Gasteiger partial charge is 0.238 e. The van der Waals surface area contributed by atoms with Crippen molar-refractivity contribution >= 4 is 17.3 Å². The molecule has 1 amide bonds. The second-order valence-corrected chi connectivity index (χ2v) is 4.92. The van der Waals surface area contributed by atoms with Crippen LogP contribution in [0, 0.1) is 0 Å². The van der Waals surface area contributed by atoms with E-state index in [0.717, 1.165) is 0 Å². The molecule has 2 rings (SSSR count). The lowest BCUT2D eigenvalue weighted by Gasteiger charge is -2.31. The van der Waals surface area contributed by atoms with Crippen LogP contribution in [0.4, 0.5) is 11.4 Å². The maximum Gasteiger partial charge on any atom is 0.238 e. The standard InChI is InChI=1S/C14H21N3O4/c1-20-13-6-10(15)2-3-12(13)16-14(19)8-17-4-5-21-11(7-17)9-18/h2-3,6,11,18H,4-5,7-9,15H2,1H3,(H,16,19). The molecule has 0 saturated carbocycles. The second kappa shape index (κ2) is 7.26. The molecule has 7 heteroatoms. The molecule has 116 valence electrons. The molecule has 1 atom stereocenters. The monoisotopic (exact) mass is 295 g/mol. The van der Waals surface area contributed by atoms with E-state index in [2.05, 4.69) is 5.32 Å². The number of nitrogens with two attached hydrogens (primary N) is 1. The topological polar surface area (TPSA) is 97.0 Å². The summed E-state index contributed by atoms with van der Waals surface area (Å²) >= 11 is 0. The number of carbonyl (C=O) groups excluding carboxylic acids is 1. The van der Waals surface area contributed by atoms with Gasteiger partial charge in [-0.3, -0.25) is 9.69 Å². The number of morpholine rings is 1. The van der Waals surface area contributed by atoms with E-state index in [1.54, 1.807) is 18.2 Å². The number of methoxy groups -OCH3 is 1. The number of benzene rings is 1. The molecule has 1 heterocycles. The normalized spacial score (nSPS) is 19.2. The SMILES string of the molecule is COc1cc(N)ccc1NC(=O)CN1CCOC(CO)C1. The van der Waals surface area contributed by atoms with Crippen LogP contribution in [0.15, 0.2) is 18.2 Å². The van der Waals surface area contributed by atoms with E-state index in [4.69, 9.17) is 20.3 Å². The van der Waals surface area contributed by atoms with Gasteiger partial charge >= 0.3 is 0 Å². The van der Waals surface area contributed by atoms with Gasteiger partial charge in [0.25, 0.3) is 0 Å². The number of rotatable bonds is 5. The van der Waals surface area contributed by atoms with Crippen LogP contribution in [-0.4, -0.2) is 62.0 Å². The molecule has 1 aromatic rings. The van der Waals surface area contributed by atoms with Crippen LogP contribution in [0.5, 0.6) is 5.75 Å². The Bertz CT molecular complexity index is 495. The number of amides is 1. The minimum atomic E-state index is -0.224. The number of nitrogens with one attached hydrogen (secondary N) is 1. The van der Waals surface area contributed by atoms with Gasteiger partial charge in [0.05, 0.1) is 38.7 Å². The molecule has 1 aliphatic heterocycles. The summed E-state index contributed by atoms with van der Waals surface area (Å²) in [5.74, 6) is 0.384. The number of ether oxygens (including phenoxy) is 2. The van der Waals surface area contributed by atoms with Gasteiger partial charge in [-0.25, -0.2) is 0 Å². The first-order chi connectivity index (χ1) is 10.1. The van der Waals surface area contributed by atoms with Gasteiger partial charge in [-0.05, 0) is 12.1 Å². The van der Waals surface area contributed by atoms with Gasteiger partial charge in [0, 0.05) is 24.8 Å². The Morgan fingerprint density at radius 2 is 2.43 bits per heavy atom. The van der Waals surface area contributed by atoms with E-state index in [1.165, 1.54) is 7.11 Å². The largest absolute Gasteiger partial charge is 0.494 e. The van der Waals surface area contributed by atoms with Crippen molar-refractivity contribution in [1.29, 1.82) is 0 Å². The number of nitrogens with zero attached hydrogens (tertiary/aromatic N) is 1. The van der Waals surface area contributed by atoms with E-state index in [9.17, 15) is 4.79 Å². The molecule has 0 aliphatic carbocycles. The van der Waals surface area contributed by atoms with Crippen molar-refractivity contribution in [3.8, 4) is 5.75 Å². The zero-order valence-electron chi connectivity index (χ0n) is 12.0. The zero-order valence-corrected chi connectivity index (χ0v) is 12.0. The van der Waals surface area contributed by atoms with E-state index < -0.39 is 0 Å². The Morgan fingerprint density at radius 3 is 3.14 bits per heavy atom. The third-order valence-corrected chi connectivity index (χ3v) is 3.29. The van der Waals surface area contributed by atoms with Crippen molar-refractivity contribution < 1.29 is 19.4 Å². The van der Waals surface area contributed by atoms with Crippen molar-refractivity contribution in [2.45, 2.75) is 6.10 Å². The summed E-state index contributed by atoms with van der Waals surface area (Å²) in [6.07, 6.45) is -0.224. The minimum Gasteiger partial charge on any atom is -0.494 e. The highest BCUT2D eigenvalue weighted by atomic mass is 16.5. The third kappa shape index (κ3) is 4.32. The number of hydrogen-bond donors (Lipinski definition) is 3. The van der Waals surface area contributed by atoms with E-state index in [-0.39, 0.29) is 25.2 Å². The molecule has 4 N–H and O–H groups in total. The average Bonchev–Trinajstić information content (AvgIpc) is 2.49. The lowest BCUT2D eigenvalue weighted by molar-refractivity contribution is -0.120. The molecule has 1 saturated heterocycles. The van der Waals surface area contributed by atoms with Crippen molar-refractivity contribution in [2.75, 3.05) is 51.0 Å². The van der Waals surface area contributed by atoms with Gasteiger partial charge < -0.3 is 25.6 Å². The zero-order chi connectivity index (χ0) is 15.2. The second-order valence-electron chi connectivity index (χ2n) is 4.92. The summed E-state index contributed by atoms with van der Waals surface area (Å²) in [6.45, 7) is 1.94. The first kappa shape index (κ1) is 15.6. The molecule has 1 fully saturated rings. The fourth-order valence-corrected chi connectivity index (χ4v) is 2.24. The van der Waals surface area contributed by atoms with Crippen molar-refractivity contribution in [2.24, 2.45) is 0 Å². The number of nitrogen functional groups attached to an aromatic ring is 1. The number of aliphatic hydroxyl groups excluding tert-OH is 1. The number of hydrogen-bond acceptors (Lipinski definition) is 6. The Hall–Kier alpha value is -1.83. The molecule has 0 aromatic heterocycles. The highest BCUT2D eigenvalue weighted by molar-refractivity contribution is 5.94. The fraction of sp³-hybridized carbons (Fsp3) is 0.500. The summed E-state index contributed by atoms with van der Waals surface area (Å²) in [5, 5.41) is 11.9. The Kier molecular flexibility index (Phi) is 5.38. The van der Waals surface area contributed by atoms with Crippen LogP contribution in [0.1, 0.15) is 0 Å². The summed E-state index contributed by atoms with van der Waals surface area (Å²) in [6, 6.07) is 5.07. The van der Waals surface area contributed by atoms with Crippen LogP contribution in [0.25, 0.3) is 0 Å². The van der Waals surface area contributed by atoms with Crippen molar-refractivity contribution in [3.63, 3.8) is 0 Å². The Morgan fingerprint density at radius 1 is 1.62 bits per heavy atom. The third-order valence-electron chi connectivity index (χ3n) is 3.29. The van der Waals surface area contributed by atoms with Crippen LogP contribution >= 0.6 is 0 Å². The number of carbonyl (C=O) groups is 1. The molecule has 1 aliphatic rings. The molecular weight excluding hydrogens is 274 g/mol. The number of anilines is 2. The van der Waals surface area contributed by atoms with Crippen LogP contribution < -0.4 is 15.8 Å². The molecule has 1 unspecified atom stereocenters. The van der Waals surface area contributed by atoms with Gasteiger partial charge in [-0.1, -0.05) is 0 Å².